The van der Waals surface area contributed by atoms with Crippen molar-refractivity contribution in [3.05, 3.63) is 35.0 Å². The summed E-state index contributed by atoms with van der Waals surface area (Å²) in [5, 5.41) is 1.94. The number of methoxy groups -OCH3 is 1. The fraction of sp³-hybridized carbons (Fsp3) is 0.571. The third-order valence-electron chi connectivity index (χ3n) is 6.63. The van der Waals surface area contributed by atoms with Gasteiger partial charge in [-0.25, -0.2) is 0 Å². The van der Waals surface area contributed by atoms with Crippen molar-refractivity contribution in [1.29, 1.82) is 0 Å². The number of halogens is 1. The van der Waals surface area contributed by atoms with E-state index in [0.29, 0.717) is 5.92 Å². The van der Waals surface area contributed by atoms with Gasteiger partial charge in [-0.3, -0.25) is 14.6 Å². The lowest BCUT2D eigenvalue weighted by Crippen LogP contribution is -2.45. The van der Waals surface area contributed by atoms with Gasteiger partial charge < -0.3 is 14.0 Å². The van der Waals surface area contributed by atoms with Crippen molar-refractivity contribution in [2.24, 2.45) is 5.92 Å². The van der Waals surface area contributed by atoms with Crippen LogP contribution in [0.15, 0.2) is 24.3 Å². The van der Waals surface area contributed by atoms with Gasteiger partial charge in [0.15, 0.2) is 0 Å². The highest BCUT2D eigenvalue weighted by Crippen LogP contribution is 2.51. The molecule has 0 bridgehead atoms. The van der Waals surface area contributed by atoms with Gasteiger partial charge in [0.1, 0.15) is 6.04 Å². The minimum absolute atomic E-state index is 0.129. The Morgan fingerprint density at radius 3 is 2.82 bits per heavy atom. The second-order valence-corrected chi connectivity index (χ2v) is 8.38. The molecule has 0 N–H and O–H groups in total. The second-order valence-electron chi connectivity index (χ2n) is 8.00. The zero-order valence-corrected chi connectivity index (χ0v) is 16.9. The predicted molar refractivity (Wildman–Crippen MR) is 108 cm³/mol. The number of ether oxygens (including phenoxy) is 2. The summed E-state index contributed by atoms with van der Waals surface area (Å²) in [4.78, 5) is 17.3. The van der Waals surface area contributed by atoms with Crippen LogP contribution in [0.25, 0.3) is 10.9 Å². The molecule has 28 heavy (non-hydrogen) atoms. The molecule has 5 rings (SSSR count). The number of likely N-dealkylation sites (tertiary alicyclic amines) is 1. The third-order valence-corrected chi connectivity index (χ3v) is 7.02. The van der Waals surface area contributed by atoms with Crippen LogP contribution in [0.2, 0.25) is 5.02 Å². The van der Waals surface area contributed by atoms with Crippen LogP contribution in [0, 0.1) is 5.92 Å². The first kappa shape index (κ1) is 18.4. The van der Waals surface area contributed by atoms with Crippen molar-refractivity contribution < 1.29 is 14.3 Å². The van der Waals surface area contributed by atoms with E-state index in [1.54, 1.807) is 0 Å². The van der Waals surface area contributed by atoms with Crippen molar-refractivity contribution in [3.63, 3.8) is 0 Å². The molecule has 2 aromatic rings. The van der Waals surface area contributed by atoms with Crippen LogP contribution in [-0.2, 0) is 20.8 Å². The summed E-state index contributed by atoms with van der Waals surface area (Å²) in [6.07, 6.45) is 0.826. The highest BCUT2D eigenvalue weighted by atomic mass is 35.5. The summed E-state index contributed by atoms with van der Waals surface area (Å²) in [6.45, 7) is 6.14. The lowest BCUT2D eigenvalue weighted by molar-refractivity contribution is -0.146. The summed E-state index contributed by atoms with van der Waals surface area (Å²) < 4.78 is 13.0. The largest absolute Gasteiger partial charge is 0.468 e. The molecule has 0 saturated carbocycles. The maximum absolute atomic E-state index is 12.5. The number of benzene rings is 1. The van der Waals surface area contributed by atoms with E-state index in [9.17, 15) is 4.79 Å². The maximum Gasteiger partial charge on any atom is 0.323 e. The van der Waals surface area contributed by atoms with Crippen molar-refractivity contribution in [3.8, 4) is 0 Å². The maximum atomic E-state index is 12.5. The monoisotopic (exact) mass is 403 g/mol. The van der Waals surface area contributed by atoms with E-state index in [1.165, 1.54) is 18.3 Å². The SMILES string of the molecule is COC(=O)[C@@H]1C[C@H]2Cn3c(c(Cl)c4ccccc43)[C@H]2N1CCN1CCOCC1. The van der Waals surface area contributed by atoms with Crippen molar-refractivity contribution in [2.45, 2.75) is 25.0 Å². The van der Waals surface area contributed by atoms with E-state index in [4.69, 9.17) is 21.1 Å². The summed E-state index contributed by atoms with van der Waals surface area (Å²) in [6, 6.07) is 8.30. The van der Waals surface area contributed by atoms with Gasteiger partial charge in [0, 0.05) is 49.5 Å². The summed E-state index contributed by atoms with van der Waals surface area (Å²) >= 11 is 6.85. The van der Waals surface area contributed by atoms with Gasteiger partial charge in [-0.05, 0) is 12.5 Å². The molecule has 0 unspecified atom stereocenters. The quantitative estimate of drug-likeness (QED) is 0.734. The van der Waals surface area contributed by atoms with E-state index < -0.39 is 0 Å². The first-order valence-electron chi connectivity index (χ1n) is 10.1. The minimum atomic E-state index is -0.191. The summed E-state index contributed by atoms with van der Waals surface area (Å²) in [5.41, 5.74) is 2.36. The molecule has 0 amide bonds. The van der Waals surface area contributed by atoms with Crippen LogP contribution in [0.4, 0.5) is 0 Å². The average molecular weight is 404 g/mol. The van der Waals surface area contributed by atoms with Gasteiger partial charge in [-0.15, -0.1) is 0 Å². The topological polar surface area (TPSA) is 46.9 Å². The second kappa shape index (κ2) is 7.34. The number of carbonyl (C=O) groups excluding carboxylic acids is 1. The standard InChI is InChI=1S/C21H26ClN3O3/c1-27-21(26)17-12-14-13-25-16-5-3-2-4-15(16)18(22)20(25)19(14)24(17)7-6-23-8-10-28-11-9-23/h2-5,14,17,19H,6-13H2,1H3/t14-,17-,19-/m0/s1. The van der Waals surface area contributed by atoms with Crippen LogP contribution < -0.4 is 0 Å². The van der Waals surface area contributed by atoms with Crippen LogP contribution in [-0.4, -0.2) is 72.9 Å². The lowest BCUT2D eigenvalue weighted by Gasteiger charge is -2.32. The summed E-state index contributed by atoms with van der Waals surface area (Å²) in [7, 11) is 1.49. The molecular weight excluding hydrogens is 378 g/mol. The molecule has 1 aromatic heterocycles. The number of hydrogen-bond donors (Lipinski definition) is 0. The van der Waals surface area contributed by atoms with Gasteiger partial charge in [-0.1, -0.05) is 29.8 Å². The van der Waals surface area contributed by atoms with E-state index in [2.05, 4.69) is 32.6 Å². The molecular formula is C21H26ClN3O3. The Balaban J connectivity index is 1.47. The van der Waals surface area contributed by atoms with E-state index >= 15 is 0 Å². The molecule has 2 fully saturated rings. The van der Waals surface area contributed by atoms with Crippen LogP contribution in [0.1, 0.15) is 18.2 Å². The number of morpholine rings is 1. The number of aromatic nitrogens is 1. The Hall–Kier alpha value is -1.60. The molecule has 4 heterocycles. The van der Waals surface area contributed by atoms with Crippen molar-refractivity contribution >= 4 is 28.5 Å². The van der Waals surface area contributed by atoms with Crippen molar-refractivity contribution in [2.75, 3.05) is 46.5 Å². The zero-order chi connectivity index (χ0) is 19.3. The first-order chi connectivity index (χ1) is 13.7. The van der Waals surface area contributed by atoms with E-state index in [1.807, 2.05) is 6.07 Å². The molecule has 3 aliphatic heterocycles. The van der Waals surface area contributed by atoms with Crippen LogP contribution >= 0.6 is 11.6 Å². The Morgan fingerprint density at radius 2 is 2.04 bits per heavy atom. The van der Waals surface area contributed by atoms with Crippen LogP contribution in [0.3, 0.4) is 0 Å². The highest BCUT2D eigenvalue weighted by Gasteiger charge is 2.51. The van der Waals surface area contributed by atoms with Gasteiger partial charge in [0.2, 0.25) is 0 Å². The molecule has 7 heteroatoms. The number of esters is 1. The summed E-state index contributed by atoms with van der Waals surface area (Å²) in [5.74, 6) is 0.265. The molecule has 2 saturated heterocycles. The van der Waals surface area contributed by atoms with Gasteiger partial charge in [0.25, 0.3) is 0 Å². The number of nitrogens with zero attached hydrogens (tertiary/aromatic N) is 3. The Morgan fingerprint density at radius 1 is 1.25 bits per heavy atom. The fourth-order valence-electron chi connectivity index (χ4n) is 5.32. The molecule has 0 spiro atoms. The average Bonchev–Trinajstić information content (AvgIpc) is 3.35. The molecule has 3 atom stereocenters. The Kier molecular flexibility index (Phi) is 4.83. The van der Waals surface area contributed by atoms with Gasteiger partial charge in [-0.2, -0.15) is 0 Å². The Labute approximate surface area is 169 Å². The van der Waals surface area contributed by atoms with Crippen LogP contribution in [0.5, 0.6) is 0 Å². The van der Waals surface area contributed by atoms with E-state index in [-0.39, 0.29) is 18.1 Å². The molecule has 3 aliphatic rings. The molecule has 0 radical (unpaired) electrons. The smallest absolute Gasteiger partial charge is 0.323 e. The van der Waals surface area contributed by atoms with E-state index in [0.717, 1.165) is 62.8 Å². The minimum Gasteiger partial charge on any atom is -0.468 e. The number of para-hydroxylation sites is 1. The third kappa shape index (κ3) is 2.86. The molecule has 6 nitrogen and oxygen atoms in total. The number of hydrogen-bond acceptors (Lipinski definition) is 5. The number of fused-ring (bicyclic) bond motifs is 5. The lowest BCUT2D eigenvalue weighted by atomic mass is 9.99. The molecule has 150 valence electrons. The fourth-order valence-corrected chi connectivity index (χ4v) is 5.69. The number of rotatable bonds is 4. The zero-order valence-electron chi connectivity index (χ0n) is 16.1. The Bertz CT molecular complexity index is 892. The normalized spacial score (nSPS) is 27.9. The number of carbonyl (C=O) groups is 1. The van der Waals surface area contributed by atoms with Crippen molar-refractivity contribution in [1.82, 2.24) is 14.4 Å². The molecule has 0 aliphatic carbocycles. The van der Waals surface area contributed by atoms with Gasteiger partial charge >= 0.3 is 5.97 Å². The van der Waals surface area contributed by atoms with Gasteiger partial charge in [0.05, 0.1) is 37.1 Å². The predicted octanol–water partition coefficient (Wildman–Crippen LogP) is 2.55. The molecule has 1 aromatic carbocycles. The first-order valence-corrected chi connectivity index (χ1v) is 10.5. The highest BCUT2D eigenvalue weighted by molar-refractivity contribution is 6.36.